The van der Waals surface area contributed by atoms with Crippen molar-refractivity contribution in [2.75, 3.05) is 12.4 Å². The molecule has 0 aromatic carbocycles. The summed E-state index contributed by atoms with van der Waals surface area (Å²) in [5.74, 6) is 0.140. The van der Waals surface area contributed by atoms with Gasteiger partial charge in [-0.15, -0.1) is 11.6 Å². The van der Waals surface area contributed by atoms with Crippen molar-refractivity contribution < 1.29 is 4.79 Å². The van der Waals surface area contributed by atoms with Crippen LogP contribution in [-0.4, -0.2) is 23.3 Å². The lowest BCUT2D eigenvalue weighted by Gasteiger charge is -2.00. The molecule has 1 aromatic rings. The van der Waals surface area contributed by atoms with E-state index in [-0.39, 0.29) is 11.5 Å². The van der Waals surface area contributed by atoms with Crippen molar-refractivity contribution in [2.24, 2.45) is 0 Å². The molecule has 1 rings (SSSR count). The number of allylic oxidation sites excluding steroid dienone is 1. The molecule has 0 atom stereocenters. The van der Waals surface area contributed by atoms with E-state index in [1.54, 1.807) is 18.2 Å². The van der Waals surface area contributed by atoms with Crippen molar-refractivity contribution in [2.45, 2.75) is 0 Å². The fourth-order valence-electron chi connectivity index (χ4n) is 0.986. The SMILES string of the molecule is O=C(NC/C=C/CCl)c1cc[nH]c(=O)c1. The lowest BCUT2D eigenvalue weighted by atomic mass is 10.2. The second kappa shape index (κ2) is 6.03. The van der Waals surface area contributed by atoms with Gasteiger partial charge in [0.2, 0.25) is 5.56 Å². The number of aromatic nitrogens is 1. The molecule has 2 N–H and O–H groups in total. The average Bonchev–Trinajstić information content (AvgIpc) is 2.24. The molecule has 4 nitrogen and oxygen atoms in total. The highest BCUT2D eigenvalue weighted by atomic mass is 35.5. The first-order chi connectivity index (χ1) is 7.24. The van der Waals surface area contributed by atoms with Crippen LogP contribution in [0.2, 0.25) is 0 Å². The quantitative estimate of drug-likeness (QED) is 0.592. The largest absolute Gasteiger partial charge is 0.349 e. The Morgan fingerprint density at radius 2 is 2.33 bits per heavy atom. The second-order valence-electron chi connectivity index (χ2n) is 2.78. The van der Waals surface area contributed by atoms with Gasteiger partial charge < -0.3 is 10.3 Å². The molecule has 15 heavy (non-hydrogen) atoms. The van der Waals surface area contributed by atoms with Gasteiger partial charge in [-0.05, 0) is 6.07 Å². The van der Waals surface area contributed by atoms with Crippen LogP contribution in [0.3, 0.4) is 0 Å². The number of alkyl halides is 1. The smallest absolute Gasteiger partial charge is 0.251 e. The third-order valence-electron chi connectivity index (χ3n) is 1.67. The van der Waals surface area contributed by atoms with Crippen LogP contribution in [0, 0.1) is 0 Å². The lowest BCUT2D eigenvalue weighted by molar-refractivity contribution is 0.0958. The Bertz CT molecular complexity index is 412. The molecule has 0 aliphatic rings. The third-order valence-corrected chi connectivity index (χ3v) is 1.85. The minimum atomic E-state index is -0.293. The molecular weight excluding hydrogens is 216 g/mol. The average molecular weight is 227 g/mol. The van der Waals surface area contributed by atoms with Gasteiger partial charge in [-0.3, -0.25) is 9.59 Å². The van der Waals surface area contributed by atoms with E-state index in [4.69, 9.17) is 11.6 Å². The van der Waals surface area contributed by atoms with Crippen LogP contribution in [0.15, 0.2) is 35.3 Å². The highest BCUT2D eigenvalue weighted by Gasteiger charge is 2.03. The summed E-state index contributed by atoms with van der Waals surface area (Å²) < 4.78 is 0. The van der Waals surface area contributed by atoms with Gasteiger partial charge in [-0.25, -0.2) is 0 Å². The molecule has 0 aliphatic carbocycles. The molecule has 0 saturated carbocycles. The molecule has 1 amide bonds. The maximum atomic E-state index is 11.4. The van der Waals surface area contributed by atoms with Gasteiger partial charge in [0.15, 0.2) is 0 Å². The van der Waals surface area contributed by atoms with Gasteiger partial charge in [0.25, 0.3) is 5.91 Å². The van der Waals surface area contributed by atoms with Crippen LogP contribution < -0.4 is 10.9 Å². The number of hydrogen-bond donors (Lipinski definition) is 2. The third kappa shape index (κ3) is 3.99. The number of H-pyrrole nitrogens is 1. The van der Waals surface area contributed by atoms with Crippen molar-refractivity contribution >= 4 is 17.5 Å². The minimum Gasteiger partial charge on any atom is -0.349 e. The number of pyridine rings is 1. The molecular formula is C10H11ClN2O2. The van der Waals surface area contributed by atoms with Gasteiger partial charge in [-0.1, -0.05) is 12.2 Å². The molecule has 0 bridgehead atoms. The summed E-state index contributed by atoms with van der Waals surface area (Å²) in [6.45, 7) is 0.401. The van der Waals surface area contributed by atoms with Gasteiger partial charge in [-0.2, -0.15) is 0 Å². The van der Waals surface area contributed by atoms with E-state index in [0.717, 1.165) is 0 Å². The van der Waals surface area contributed by atoms with E-state index in [0.29, 0.717) is 18.0 Å². The monoisotopic (exact) mass is 226 g/mol. The molecule has 5 heteroatoms. The number of amides is 1. The Morgan fingerprint density at radius 1 is 1.53 bits per heavy atom. The Labute approximate surface area is 92.0 Å². The zero-order valence-electron chi connectivity index (χ0n) is 8.00. The molecule has 1 aromatic heterocycles. The normalized spacial score (nSPS) is 10.5. The van der Waals surface area contributed by atoms with Gasteiger partial charge in [0, 0.05) is 30.3 Å². The molecule has 0 unspecified atom stereocenters. The zero-order chi connectivity index (χ0) is 11.1. The predicted molar refractivity (Wildman–Crippen MR) is 59.3 cm³/mol. The molecule has 0 saturated heterocycles. The van der Waals surface area contributed by atoms with Crippen molar-refractivity contribution in [3.05, 3.63) is 46.4 Å². The van der Waals surface area contributed by atoms with Crippen molar-refractivity contribution in [3.8, 4) is 0 Å². The van der Waals surface area contributed by atoms with Crippen LogP contribution in [0.5, 0.6) is 0 Å². The molecule has 1 heterocycles. The minimum absolute atomic E-state index is 0.277. The summed E-state index contributed by atoms with van der Waals surface area (Å²) in [6.07, 6.45) is 4.92. The molecule has 0 fully saturated rings. The topological polar surface area (TPSA) is 62.0 Å². The molecule has 0 radical (unpaired) electrons. The number of carbonyl (C=O) groups is 1. The fraction of sp³-hybridized carbons (Fsp3) is 0.200. The summed E-state index contributed by atoms with van der Waals surface area (Å²) in [7, 11) is 0. The number of hydrogen-bond acceptors (Lipinski definition) is 2. The maximum Gasteiger partial charge on any atom is 0.251 e. The van der Waals surface area contributed by atoms with E-state index < -0.39 is 0 Å². The second-order valence-corrected chi connectivity index (χ2v) is 3.09. The van der Waals surface area contributed by atoms with Crippen LogP contribution in [-0.2, 0) is 0 Å². The first-order valence-corrected chi connectivity index (χ1v) is 4.95. The molecule has 80 valence electrons. The summed E-state index contributed by atoms with van der Waals surface area (Å²) in [5, 5.41) is 2.62. The van der Waals surface area contributed by atoms with Crippen molar-refractivity contribution in [1.29, 1.82) is 0 Å². The lowest BCUT2D eigenvalue weighted by Crippen LogP contribution is -2.24. The number of rotatable bonds is 4. The van der Waals surface area contributed by atoms with Gasteiger partial charge >= 0.3 is 0 Å². The Kier molecular flexibility index (Phi) is 4.63. The van der Waals surface area contributed by atoms with E-state index in [1.165, 1.54) is 12.3 Å². The van der Waals surface area contributed by atoms with Crippen molar-refractivity contribution in [1.82, 2.24) is 10.3 Å². The Hall–Kier alpha value is -1.55. The van der Waals surface area contributed by atoms with E-state index in [9.17, 15) is 9.59 Å². The summed E-state index contributed by atoms with van der Waals surface area (Å²) in [5.41, 5.74) is 0.0528. The van der Waals surface area contributed by atoms with Gasteiger partial charge in [0.05, 0.1) is 0 Å². The van der Waals surface area contributed by atoms with Crippen LogP contribution >= 0.6 is 11.6 Å². The number of aromatic amines is 1. The van der Waals surface area contributed by atoms with Crippen molar-refractivity contribution in [3.63, 3.8) is 0 Å². The molecule has 0 aliphatic heterocycles. The van der Waals surface area contributed by atoms with Crippen LogP contribution in [0.1, 0.15) is 10.4 Å². The van der Waals surface area contributed by atoms with E-state index in [2.05, 4.69) is 10.3 Å². The number of halogens is 1. The first-order valence-electron chi connectivity index (χ1n) is 4.42. The number of carbonyl (C=O) groups excluding carboxylic acids is 1. The zero-order valence-corrected chi connectivity index (χ0v) is 8.75. The van der Waals surface area contributed by atoms with Crippen LogP contribution in [0.25, 0.3) is 0 Å². The highest BCUT2D eigenvalue weighted by Crippen LogP contribution is 1.92. The Balaban J connectivity index is 2.54. The summed E-state index contributed by atoms with van der Waals surface area (Å²) in [6, 6.07) is 2.79. The van der Waals surface area contributed by atoms with E-state index in [1.807, 2.05) is 0 Å². The van der Waals surface area contributed by atoms with Crippen LogP contribution in [0.4, 0.5) is 0 Å². The first kappa shape index (κ1) is 11.5. The Morgan fingerprint density at radius 3 is 3.00 bits per heavy atom. The van der Waals surface area contributed by atoms with Gasteiger partial charge in [0.1, 0.15) is 0 Å². The number of nitrogens with one attached hydrogen (secondary N) is 2. The fourth-order valence-corrected chi connectivity index (χ4v) is 1.11. The standard InChI is InChI=1S/C10H11ClN2O2/c11-4-1-2-5-13-10(15)8-3-6-12-9(14)7-8/h1-3,6-7H,4-5H2,(H,12,14)(H,13,15)/b2-1+. The summed E-state index contributed by atoms with van der Waals surface area (Å²) in [4.78, 5) is 24.8. The summed E-state index contributed by atoms with van der Waals surface area (Å²) >= 11 is 5.41. The van der Waals surface area contributed by atoms with E-state index >= 15 is 0 Å². The predicted octanol–water partition coefficient (Wildman–Crippen LogP) is 0.900. The highest BCUT2D eigenvalue weighted by molar-refractivity contribution is 6.18. The molecule has 0 spiro atoms. The maximum absolute atomic E-state index is 11.4.